The zero-order valence-electron chi connectivity index (χ0n) is 4.51. The second kappa shape index (κ2) is 9.73. The molecule has 0 atom stereocenters. The monoisotopic (exact) mass is 132 g/mol. The molecule has 7 heavy (non-hydrogen) atoms. The first-order chi connectivity index (χ1) is 3.15. The quantitative estimate of drug-likeness (QED) is 0.483. The van der Waals surface area contributed by atoms with Gasteiger partial charge in [0.15, 0.2) is 0 Å². The van der Waals surface area contributed by atoms with Crippen molar-refractivity contribution in [1.29, 1.82) is 0 Å². The summed E-state index contributed by atoms with van der Waals surface area (Å²) in [5, 5.41) is 13.9. The molecule has 0 aliphatic rings. The van der Waals surface area contributed by atoms with Crippen molar-refractivity contribution < 1.29 is 15.0 Å². The van der Waals surface area contributed by atoms with E-state index in [1.54, 1.807) is 0 Å². The minimum atomic E-state index is -1.83. The summed E-state index contributed by atoms with van der Waals surface area (Å²) in [5.41, 5.74) is 0. The van der Waals surface area contributed by atoms with Crippen molar-refractivity contribution in [2.75, 3.05) is 0 Å². The van der Waals surface area contributed by atoms with Crippen molar-refractivity contribution in [3.63, 3.8) is 0 Å². The number of rotatable bonds is 0. The molecule has 0 saturated carbocycles. The molecule has 0 spiro atoms. The van der Waals surface area contributed by atoms with Gasteiger partial charge in [-0.05, 0) is 0 Å². The van der Waals surface area contributed by atoms with Crippen LogP contribution in [-0.4, -0.2) is 50.2 Å². The van der Waals surface area contributed by atoms with E-state index in [0.717, 1.165) is 0 Å². The van der Waals surface area contributed by atoms with E-state index in [9.17, 15) is 0 Å². The van der Waals surface area contributed by atoms with Crippen LogP contribution in [0.2, 0.25) is 6.04 Å². The van der Waals surface area contributed by atoms with Gasteiger partial charge >= 0.3 is 46.0 Å². The molecule has 0 radical (unpaired) electrons. The van der Waals surface area contributed by atoms with Crippen LogP contribution < -0.4 is 0 Å². The minimum absolute atomic E-state index is 0.125. The predicted molar refractivity (Wildman–Crippen MR) is 28.1 cm³/mol. The molecule has 40 valence electrons. The summed E-state index contributed by atoms with van der Waals surface area (Å²) in [5.74, 6) is 0. The molecule has 0 heterocycles. The second-order valence-corrected chi connectivity index (χ2v) is 3.20. The summed E-state index contributed by atoms with van der Waals surface area (Å²) in [4.78, 5) is 8.56. The van der Waals surface area contributed by atoms with E-state index in [-0.39, 0.29) is 33.8 Å². The van der Waals surface area contributed by atoms with E-state index in [4.69, 9.17) is 15.0 Å². The molecule has 0 bridgehead atoms. The van der Waals surface area contributed by atoms with E-state index in [1.807, 2.05) is 0 Å². The van der Waals surface area contributed by atoms with Gasteiger partial charge in [-0.25, -0.2) is 4.79 Å². The van der Waals surface area contributed by atoms with Crippen LogP contribution in [0.1, 0.15) is 0 Å². The molecule has 0 aromatic rings. The molecule has 3 nitrogen and oxygen atoms in total. The predicted octanol–water partition coefficient (Wildman–Crippen LogP) is 1.01. The van der Waals surface area contributed by atoms with E-state index in [1.165, 1.54) is 0 Å². The SMILES string of the molecule is O=C(O)O.[CH3][Ca][CH3]. The normalized spacial score (nSPS) is 4.86. The van der Waals surface area contributed by atoms with Crippen molar-refractivity contribution >= 4 is 40.0 Å². The van der Waals surface area contributed by atoms with Crippen molar-refractivity contribution in [1.82, 2.24) is 0 Å². The summed E-state index contributed by atoms with van der Waals surface area (Å²) in [6, 6.07) is 0. The molecule has 0 aliphatic carbocycles. The van der Waals surface area contributed by atoms with Crippen LogP contribution in [0.4, 0.5) is 4.79 Å². The van der Waals surface area contributed by atoms with Gasteiger partial charge in [-0.1, -0.05) is 0 Å². The molecule has 2 N–H and O–H groups in total. The van der Waals surface area contributed by atoms with E-state index in [0.29, 0.717) is 0 Å². The first-order valence-corrected chi connectivity index (χ1v) is 6.48. The Balaban J connectivity index is 0. The number of carbonyl (C=O) groups is 1. The van der Waals surface area contributed by atoms with Crippen LogP contribution in [0.25, 0.3) is 0 Å². The summed E-state index contributed by atoms with van der Waals surface area (Å²) in [7, 11) is 0. The summed E-state index contributed by atoms with van der Waals surface area (Å²) < 4.78 is 4.62. The van der Waals surface area contributed by atoms with Crippen LogP contribution in [0.15, 0.2) is 0 Å². The van der Waals surface area contributed by atoms with E-state index < -0.39 is 6.16 Å². The fraction of sp³-hybridized carbons (Fsp3) is 0.667. The Labute approximate surface area is 60.6 Å². The Hall–Kier alpha value is 0.530. The molecule has 0 saturated heterocycles. The molecule has 4 heteroatoms. The van der Waals surface area contributed by atoms with Crippen LogP contribution in [0, 0.1) is 0 Å². The third-order valence-electron chi connectivity index (χ3n) is 0. The van der Waals surface area contributed by atoms with E-state index in [2.05, 4.69) is 6.04 Å². The third-order valence-corrected chi connectivity index (χ3v) is 0. The van der Waals surface area contributed by atoms with Crippen molar-refractivity contribution in [3.8, 4) is 0 Å². The molecular formula is C3H8CaO3. The van der Waals surface area contributed by atoms with Crippen molar-refractivity contribution in [3.05, 3.63) is 0 Å². The molecule has 0 aromatic carbocycles. The number of carboxylic acid groups (broad SMARTS) is 2. The van der Waals surface area contributed by atoms with E-state index >= 15 is 0 Å². The maximum atomic E-state index is 8.56. The van der Waals surface area contributed by atoms with Gasteiger partial charge in [-0.3, -0.25) is 0 Å². The van der Waals surface area contributed by atoms with Gasteiger partial charge in [0, 0.05) is 0 Å². The molecule has 0 aliphatic heterocycles. The topological polar surface area (TPSA) is 57.5 Å². The zero-order valence-corrected chi connectivity index (χ0v) is 6.72. The third kappa shape index (κ3) is 477. The van der Waals surface area contributed by atoms with Gasteiger partial charge in [0.25, 0.3) is 0 Å². The Kier molecular flexibility index (Phi) is 14.6. The zero-order chi connectivity index (χ0) is 6.28. The van der Waals surface area contributed by atoms with Crippen molar-refractivity contribution in [2.24, 2.45) is 0 Å². The fourth-order valence-corrected chi connectivity index (χ4v) is 0. The molecule has 0 rings (SSSR count). The number of hydrogen-bond donors (Lipinski definition) is 2. The van der Waals surface area contributed by atoms with Crippen molar-refractivity contribution in [2.45, 2.75) is 6.04 Å². The standard InChI is InChI=1S/CH2O3.2CH3.Ca/c2-1(3)4;;;/h(H2,2,3,4);2*1H3;. The molecule has 0 aromatic heterocycles. The molecule has 0 fully saturated rings. The van der Waals surface area contributed by atoms with Crippen LogP contribution in [0.5, 0.6) is 0 Å². The fourth-order valence-electron chi connectivity index (χ4n) is 0. The first-order valence-electron chi connectivity index (χ1n) is 2.07. The van der Waals surface area contributed by atoms with Crippen LogP contribution in [-0.2, 0) is 0 Å². The van der Waals surface area contributed by atoms with Gasteiger partial charge in [0.1, 0.15) is 0 Å². The van der Waals surface area contributed by atoms with Crippen LogP contribution >= 0.6 is 0 Å². The second-order valence-electron chi connectivity index (χ2n) is 0.990. The van der Waals surface area contributed by atoms with Gasteiger partial charge in [-0.2, -0.15) is 0 Å². The summed E-state index contributed by atoms with van der Waals surface area (Å²) in [6.45, 7) is 0. The Bertz CT molecular complexity index is 41.4. The first kappa shape index (κ1) is 10.5. The number of hydrogen-bond acceptors (Lipinski definition) is 1. The Morgan fingerprint density at radius 1 is 1.43 bits per heavy atom. The molecule has 0 unspecified atom stereocenters. The molecule has 0 amide bonds. The average molecular weight is 132 g/mol. The summed E-state index contributed by atoms with van der Waals surface area (Å²) >= 11 is 0.125. The van der Waals surface area contributed by atoms with Crippen LogP contribution in [0.3, 0.4) is 0 Å². The molecular weight excluding hydrogens is 124 g/mol. The maximum absolute atomic E-state index is 8.56. The van der Waals surface area contributed by atoms with Gasteiger partial charge in [0.2, 0.25) is 0 Å². The average Bonchev–Trinajstić information content (AvgIpc) is 1.33. The Morgan fingerprint density at radius 2 is 1.43 bits per heavy atom. The Morgan fingerprint density at radius 3 is 1.43 bits per heavy atom. The van der Waals surface area contributed by atoms with Gasteiger partial charge < -0.3 is 10.2 Å². The summed E-state index contributed by atoms with van der Waals surface area (Å²) in [6.07, 6.45) is -1.83. The van der Waals surface area contributed by atoms with Gasteiger partial charge in [-0.15, -0.1) is 0 Å². The van der Waals surface area contributed by atoms with Gasteiger partial charge in [0.05, 0.1) is 0 Å².